The van der Waals surface area contributed by atoms with Crippen LogP contribution >= 0.6 is 39.1 Å². The van der Waals surface area contributed by atoms with Crippen molar-refractivity contribution in [2.75, 3.05) is 11.9 Å². The molecule has 20 heavy (non-hydrogen) atoms. The molecule has 0 aliphatic carbocycles. The summed E-state index contributed by atoms with van der Waals surface area (Å²) in [6.07, 6.45) is 2.62. The summed E-state index contributed by atoms with van der Waals surface area (Å²) >= 11 is 15.2. The average Bonchev–Trinajstić information content (AvgIpc) is 2.38. The van der Waals surface area contributed by atoms with E-state index < -0.39 is 0 Å². The van der Waals surface area contributed by atoms with Gasteiger partial charge in [0.25, 0.3) is 0 Å². The Morgan fingerprint density at radius 2 is 1.95 bits per heavy atom. The molecular weight excluding hydrogens is 365 g/mol. The van der Waals surface area contributed by atoms with Gasteiger partial charge >= 0.3 is 0 Å². The van der Waals surface area contributed by atoms with Crippen molar-refractivity contribution in [1.29, 1.82) is 0 Å². The van der Waals surface area contributed by atoms with Crippen LogP contribution in [0.4, 0.5) is 5.95 Å². The van der Waals surface area contributed by atoms with Gasteiger partial charge in [0.1, 0.15) is 5.75 Å². The topological polar surface area (TPSA) is 47.0 Å². The summed E-state index contributed by atoms with van der Waals surface area (Å²) in [6, 6.07) is 4.97. The van der Waals surface area contributed by atoms with Crippen LogP contribution in [0, 0.1) is 0 Å². The van der Waals surface area contributed by atoms with Gasteiger partial charge in [-0.25, -0.2) is 4.98 Å². The summed E-state index contributed by atoms with van der Waals surface area (Å²) in [7, 11) is 0. The van der Waals surface area contributed by atoms with Crippen molar-refractivity contribution in [2.24, 2.45) is 0 Å². The Balaban J connectivity index is 2.23. The molecule has 0 aliphatic heterocycles. The highest BCUT2D eigenvalue weighted by molar-refractivity contribution is 9.10. The van der Waals surface area contributed by atoms with E-state index in [1.807, 2.05) is 0 Å². The van der Waals surface area contributed by atoms with Gasteiger partial charge < -0.3 is 10.1 Å². The van der Waals surface area contributed by atoms with E-state index in [1.165, 1.54) is 0 Å². The quantitative estimate of drug-likeness (QED) is 0.782. The number of halogens is 3. The standard InChI is InChI=1S/C13H12BrCl2N3O/c1-2-3-17-13-18-7-11(14)12(19-13)20-10-5-8(15)4-9(16)6-10/h4-7H,2-3H2,1H3,(H,17,18,19). The second-order valence-electron chi connectivity index (χ2n) is 3.98. The Bertz CT molecular complexity index is 590. The van der Waals surface area contributed by atoms with E-state index in [4.69, 9.17) is 27.9 Å². The highest BCUT2D eigenvalue weighted by Gasteiger charge is 2.08. The minimum Gasteiger partial charge on any atom is -0.438 e. The van der Waals surface area contributed by atoms with Crippen molar-refractivity contribution in [1.82, 2.24) is 9.97 Å². The van der Waals surface area contributed by atoms with Crippen molar-refractivity contribution in [2.45, 2.75) is 13.3 Å². The number of anilines is 1. The van der Waals surface area contributed by atoms with Gasteiger partial charge in [-0.15, -0.1) is 0 Å². The van der Waals surface area contributed by atoms with Gasteiger partial charge in [-0.3, -0.25) is 0 Å². The molecule has 0 bridgehead atoms. The summed E-state index contributed by atoms with van der Waals surface area (Å²) < 4.78 is 6.33. The number of rotatable bonds is 5. The molecule has 0 saturated carbocycles. The zero-order chi connectivity index (χ0) is 14.5. The fraction of sp³-hybridized carbons (Fsp3) is 0.231. The van der Waals surface area contributed by atoms with Crippen molar-refractivity contribution >= 4 is 45.1 Å². The lowest BCUT2D eigenvalue weighted by Crippen LogP contribution is -2.05. The highest BCUT2D eigenvalue weighted by Crippen LogP contribution is 2.31. The molecule has 4 nitrogen and oxygen atoms in total. The monoisotopic (exact) mass is 375 g/mol. The first kappa shape index (κ1) is 15.4. The number of benzene rings is 1. The molecule has 106 valence electrons. The fourth-order valence-corrected chi connectivity index (χ4v) is 2.22. The zero-order valence-electron chi connectivity index (χ0n) is 10.7. The molecule has 0 unspecified atom stereocenters. The Hall–Kier alpha value is -1.04. The van der Waals surface area contributed by atoms with Crippen molar-refractivity contribution < 1.29 is 4.74 Å². The second-order valence-corrected chi connectivity index (χ2v) is 5.71. The first-order valence-electron chi connectivity index (χ1n) is 5.99. The fourth-order valence-electron chi connectivity index (χ4n) is 1.44. The maximum Gasteiger partial charge on any atom is 0.238 e. The summed E-state index contributed by atoms with van der Waals surface area (Å²) in [4.78, 5) is 8.44. The van der Waals surface area contributed by atoms with Gasteiger partial charge in [0, 0.05) is 16.6 Å². The Kier molecular flexibility index (Phi) is 5.46. The van der Waals surface area contributed by atoms with Gasteiger partial charge in [-0.05, 0) is 40.5 Å². The van der Waals surface area contributed by atoms with Crippen molar-refractivity contribution in [3.05, 3.63) is 38.9 Å². The van der Waals surface area contributed by atoms with E-state index in [0.29, 0.717) is 32.1 Å². The Morgan fingerprint density at radius 1 is 1.25 bits per heavy atom. The molecule has 1 N–H and O–H groups in total. The molecule has 0 amide bonds. The maximum atomic E-state index is 5.93. The molecule has 1 heterocycles. The van der Waals surface area contributed by atoms with Crippen LogP contribution in [0.5, 0.6) is 11.6 Å². The summed E-state index contributed by atoms with van der Waals surface area (Å²) in [5.41, 5.74) is 0. The van der Waals surface area contributed by atoms with Crippen LogP contribution in [-0.2, 0) is 0 Å². The lowest BCUT2D eigenvalue weighted by molar-refractivity contribution is 0.459. The van der Waals surface area contributed by atoms with Crippen molar-refractivity contribution in [3.63, 3.8) is 0 Å². The number of nitrogens with one attached hydrogen (secondary N) is 1. The zero-order valence-corrected chi connectivity index (χ0v) is 13.8. The lowest BCUT2D eigenvalue weighted by Gasteiger charge is -2.09. The van der Waals surface area contributed by atoms with Crippen LogP contribution in [0.3, 0.4) is 0 Å². The maximum absolute atomic E-state index is 5.93. The molecule has 0 radical (unpaired) electrons. The predicted molar refractivity (Wildman–Crippen MR) is 85.0 cm³/mol. The largest absolute Gasteiger partial charge is 0.438 e. The Morgan fingerprint density at radius 3 is 2.60 bits per heavy atom. The molecule has 0 spiro atoms. The summed E-state index contributed by atoms with van der Waals surface area (Å²) in [5.74, 6) is 1.43. The van der Waals surface area contributed by atoms with Gasteiger partial charge in [-0.2, -0.15) is 4.98 Å². The van der Waals surface area contributed by atoms with Crippen LogP contribution in [-0.4, -0.2) is 16.5 Å². The molecule has 7 heteroatoms. The number of nitrogens with zero attached hydrogens (tertiary/aromatic N) is 2. The number of ether oxygens (including phenoxy) is 1. The molecule has 0 saturated heterocycles. The van der Waals surface area contributed by atoms with Crippen LogP contribution < -0.4 is 10.1 Å². The molecule has 1 aromatic carbocycles. The minimum absolute atomic E-state index is 0.400. The molecule has 0 aliphatic rings. The summed E-state index contributed by atoms with van der Waals surface area (Å²) in [5, 5.41) is 4.10. The van der Waals surface area contributed by atoms with Gasteiger partial charge in [-0.1, -0.05) is 30.1 Å². The second kappa shape index (κ2) is 7.11. The third-order valence-corrected chi connectivity index (χ3v) is 3.28. The van der Waals surface area contributed by atoms with Crippen LogP contribution in [0.2, 0.25) is 10.0 Å². The smallest absolute Gasteiger partial charge is 0.238 e. The lowest BCUT2D eigenvalue weighted by atomic mass is 10.3. The SMILES string of the molecule is CCCNc1ncc(Br)c(Oc2cc(Cl)cc(Cl)c2)n1. The van der Waals surface area contributed by atoms with E-state index in [-0.39, 0.29) is 0 Å². The summed E-state index contributed by atoms with van der Waals surface area (Å²) in [6.45, 7) is 2.86. The predicted octanol–water partition coefficient (Wildman–Crippen LogP) is 5.16. The third kappa shape index (κ3) is 4.23. The van der Waals surface area contributed by atoms with Gasteiger partial charge in [0.05, 0.1) is 10.7 Å². The van der Waals surface area contributed by atoms with Crippen LogP contribution in [0.25, 0.3) is 0 Å². The van der Waals surface area contributed by atoms with Crippen molar-refractivity contribution in [3.8, 4) is 11.6 Å². The van der Waals surface area contributed by atoms with Crippen LogP contribution in [0.1, 0.15) is 13.3 Å². The number of aromatic nitrogens is 2. The normalized spacial score (nSPS) is 10.4. The molecular formula is C13H12BrCl2N3O. The average molecular weight is 377 g/mol. The first-order valence-corrected chi connectivity index (χ1v) is 7.53. The van der Waals surface area contributed by atoms with Gasteiger partial charge in [0.2, 0.25) is 11.8 Å². The van der Waals surface area contributed by atoms with E-state index in [0.717, 1.165) is 13.0 Å². The Labute approximate surface area is 135 Å². The molecule has 1 aromatic heterocycles. The molecule has 2 rings (SSSR count). The van der Waals surface area contributed by atoms with E-state index >= 15 is 0 Å². The minimum atomic E-state index is 0.400. The molecule has 0 fully saturated rings. The number of hydrogen-bond donors (Lipinski definition) is 1. The molecule has 2 aromatic rings. The van der Waals surface area contributed by atoms with Gasteiger partial charge in [0.15, 0.2) is 0 Å². The number of hydrogen-bond acceptors (Lipinski definition) is 4. The van der Waals surface area contributed by atoms with Crippen LogP contribution in [0.15, 0.2) is 28.9 Å². The highest BCUT2D eigenvalue weighted by atomic mass is 79.9. The molecule has 0 atom stereocenters. The van der Waals surface area contributed by atoms with E-state index in [9.17, 15) is 0 Å². The first-order chi connectivity index (χ1) is 9.58. The van der Waals surface area contributed by atoms with E-state index in [1.54, 1.807) is 24.4 Å². The third-order valence-electron chi connectivity index (χ3n) is 2.30. The van der Waals surface area contributed by atoms with E-state index in [2.05, 4.69) is 38.1 Å².